The maximum absolute atomic E-state index is 6.09. The summed E-state index contributed by atoms with van der Waals surface area (Å²) >= 11 is 11.8. The second-order valence-corrected chi connectivity index (χ2v) is 7.54. The third-order valence-corrected chi connectivity index (χ3v) is 5.22. The molecule has 1 N–H and O–H groups in total. The summed E-state index contributed by atoms with van der Waals surface area (Å²) in [5.74, 6) is 0. The van der Waals surface area contributed by atoms with Crippen LogP contribution in [-0.4, -0.2) is 21.2 Å². The number of halogens is 1. The molecule has 0 aliphatic heterocycles. The van der Waals surface area contributed by atoms with E-state index in [0.717, 1.165) is 27.5 Å². The number of aromatic nitrogens is 3. The fourth-order valence-corrected chi connectivity index (χ4v) is 3.94. The van der Waals surface area contributed by atoms with Crippen molar-refractivity contribution in [2.45, 2.75) is 20.1 Å². The minimum atomic E-state index is 0.695. The Kier molecular flexibility index (Phi) is 4.53. The fraction of sp³-hybridized carbons (Fsp3) is 0.200. The van der Waals surface area contributed by atoms with E-state index in [1.165, 1.54) is 21.4 Å². The molecule has 0 radical (unpaired) electrons. The van der Waals surface area contributed by atoms with Gasteiger partial charge in [0.05, 0.1) is 12.6 Å². The van der Waals surface area contributed by atoms with E-state index in [9.17, 15) is 0 Å². The molecule has 1 unspecified atom stereocenters. The highest BCUT2D eigenvalue weighted by Gasteiger charge is 2.12. The molecule has 2 heterocycles. The van der Waals surface area contributed by atoms with Gasteiger partial charge < -0.3 is 4.90 Å². The van der Waals surface area contributed by atoms with Crippen LogP contribution in [0.1, 0.15) is 11.1 Å². The highest BCUT2D eigenvalue weighted by molar-refractivity contribution is 7.71. The van der Waals surface area contributed by atoms with Crippen LogP contribution in [0.4, 0.5) is 0 Å². The van der Waals surface area contributed by atoms with Crippen molar-refractivity contribution < 1.29 is 4.90 Å². The van der Waals surface area contributed by atoms with Crippen LogP contribution in [0.3, 0.4) is 0 Å². The van der Waals surface area contributed by atoms with Gasteiger partial charge in [0.2, 0.25) is 4.77 Å². The lowest BCUT2D eigenvalue weighted by atomic mass is 10.1. The first-order chi connectivity index (χ1) is 12.5. The highest BCUT2D eigenvalue weighted by atomic mass is 35.5. The lowest BCUT2D eigenvalue weighted by molar-refractivity contribution is -0.917. The summed E-state index contributed by atoms with van der Waals surface area (Å²) in [5.41, 5.74) is 4.40. The lowest BCUT2D eigenvalue weighted by Crippen LogP contribution is -3.07. The smallest absolute Gasteiger partial charge is 0.207 e. The van der Waals surface area contributed by atoms with E-state index in [1.807, 2.05) is 28.9 Å². The van der Waals surface area contributed by atoms with Gasteiger partial charge in [0.15, 0.2) is 12.3 Å². The Balaban J connectivity index is 1.70. The summed E-state index contributed by atoms with van der Waals surface area (Å²) in [6.45, 7) is 3.66. The summed E-state index contributed by atoms with van der Waals surface area (Å²) < 4.78 is 4.70. The number of quaternary nitrogens is 1. The van der Waals surface area contributed by atoms with Gasteiger partial charge in [-0.1, -0.05) is 41.9 Å². The van der Waals surface area contributed by atoms with Crippen molar-refractivity contribution in [2.24, 2.45) is 0 Å². The van der Waals surface area contributed by atoms with Gasteiger partial charge in [0, 0.05) is 16.0 Å². The molecule has 0 aliphatic carbocycles. The number of nitrogens with one attached hydrogen (secondary N) is 1. The number of benzene rings is 2. The topological polar surface area (TPSA) is 26.7 Å². The molecule has 4 rings (SSSR count). The van der Waals surface area contributed by atoms with Gasteiger partial charge >= 0.3 is 0 Å². The first-order valence-electron chi connectivity index (χ1n) is 8.56. The largest absolute Gasteiger partial charge is 0.315 e. The predicted octanol–water partition coefficient (Wildman–Crippen LogP) is 3.65. The molecule has 4 aromatic rings. The van der Waals surface area contributed by atoms with Gasteiger partial charge in [-0.15, -0.1) is 5.10 Å². The molecule has 26 heavy (non-hydrogen) atoms. The highest BCUT2D eigenvalue weighted by Crippen LogP contribution is 2.21. The molecule has 0 saturated heterocycles. The minimum absolute atomic E-state index is 0.695. The van der Waals surface area contributed by atoms with Crippen LogP contribution in [-0.2, 0) is 13.2 Å². The van der Waals surface area contributed by atoms with Crippen LogP contribution in [0.5, 0.6) is 0 Å². The number of hydrogen-bond acceptors (Lipinski definition) is 2. The molecule has 2 aromatic carbocycles. The van der Waals surface area contributed by atoms with Crippen molar-refractivity contribution >= 4 is 40.4 Å². The van der Waals surface area contributed by atoms with Crippen LogP contribution < -0.4 is 4.90 Å². The van der Waals surface area contributed by atoms with Crippen molar-refractivity contribution in [3.05, 3.63) is 75.5 Å². The van der Waals surface area contributed by atoms with E-state index >= 15 is 0 Å². The predicted molar refractivity (Wildman–Crippen MR) is 108 cm³/mol. The van der Waals surface area contributed by atoms with Crippen LogP contribution in [0, 0.1) is 11.7 Å². The molecule has 0 fully saturated rings. The van der Waals surface area contributed by atoms with Gasteiger partial charge in [-0.3, -0.25) is 4.40 Å². The Morgan fingerprint density at radius 2 is 1.92 bits per heavy atom. The van der Waals surface area contributed by atoms with Crippen LogP contribution in [0.25, 0.3) is 16.6 Å². The van der Waals surface area contributed by atoms with Gasteiger partial charge in [-0.2, -0.15) is 4.68 Å². The quantitative estimate of drug-likeness (QED) is 0.544. The number of pyridine rings is 1. The Hall–Kier alpha value is -2.21. The molecule has 2 aromatic heterocycles. The first kappa shape index (κ1) is 17.2. The zero-order valence-corrected chi connectivity index (χ0v) is 16.3. The molecule has 0 amide bonds. The Labute approximate surface area is 162 Å². The molecular weight excluding hydrogens is 364 g/mol. The van der Waals surface area contributed by atoms with Gasteiger partial charge in [-0.05, 0) is 49.0 Å². The number of para-hydroxylation sites is 1. The molecular formula is C20H20ClN4S+. The fourth-order valence-electron chi connectivity index (χ4n) is 3.43. The molecule has 0 bridgehead atoms. The van der Waals surface area contributed by atoms with Gasteiger partial charge in [-0.25, -0.2) is 0 Å². The summed E-state index contributed by atoms with van der Waals surface area (Å²) in [6.07, 6.45) is 0. The van der Waals surface area contributed by atoms with Crippen molar-refractivity contribution in [1.29, 1.82) is 0 Å². The third kappa shape index (κ3) is 3.14. The Bertz CT molecular complexity index is 1160. The second kappa shape index (κ2) is 6.83. The SMILES string of the molecule is Cc1cc2nn(C[NH+](C)Cc3cccc(Cl)c3)c(=S)n2c2ccccc12. The lowest BCUT2D eigenvalue weighted by Gasteiger charge is -2.13. The number of rotatable bonds is 4. The molecule has 6 heteroatoms. The standard InChI is InChI=1S/C20H19ClN4S/c1-14-10-19-22-24(13-23(2)12-15-6-5-7-16(21)11-15)20(26)25(19)18-9-4-3-8-17(14)18/h3-11H,12-13H2,1-2H3/p+1. The van der Waals surface area contributed by atoms with Crippen LogP contribution in [0.15, 0.2) is 54.6 Å². The van der Waals surface area contributed by atoms with Gasteiger partial charge in [0.25, 0.3) is 0 Å². The maximum atomic E-state index is 6.09. The number of fused-ring (bicyclic) bond motifs is 3. The van der Waals surface area contributed by atoms with E-state index < -0.39 is 0 Å². The molecule has 4 nitrogen and oxygen atoms in total. The normalized spacial score (nSPS) is 12.7. The summed E-state index contributed by atoms with van der Waals surface area (Å²) in [7, 11) is 2.13. The van der Waals surface area contributed by atoms with E-state index in [-0.39, 0.29) is 0 Å². The van der Waals surface area contributed by atoms with Crippen molar-refractivity contribution in [1.82, 2.24) is 14.2 Å². The first-order valence-corrected chi connectivity index (χ1v) is 9.35. The minimum Gasteiger partial charge on any atom is -0.315 e. The number of nitrogens with zero attached hydrogens (tertiary/aromatic N) is 3. The van der Waals surface area contributed by atoms with E-state index in [4.69, 9.17) is 28.9 Å². The molecule has 0 saturated carbocycles. The van der Waals surface area contributed by atoms with E-state index in [2.05, 4.69) is 48.7 Å². The monoisotopic (exact) mass is 383 g/mol. The summed E-state index contributed by atoms with van der Waals surface area (Å²) in [5, 5.41) is 6.72. The number of aryl methyl sites for hydroxylation is 1. The Morgan fingerprint density at radius 1 is 1.12 bits per heavy atom. The van der Waals surface area contributed by atoms with Crippen molar-refractivity contribution in [3.8, 4) is 0 Å². The number of hydrogen-bond donors (Lipinski definition) is 1. The summed E-state index contributed by atoms with van der Waals surface area (Å²) in [6, 6.07) is 18.4. The molecule has 1 atom stereocenters. The second-order valence-electron chi connectivity index (χ2n) is 6.74. The molecule has 132 valence electrons. The zero-order chi connectivity index (χ0) is 18.3. The van der Waals surface area contributed by atoms with Crippen molar-refractivity contribution in [3.63, 3.8) is 0 Å². The van der Waals surface area contributed by atoms with Crippen LogP contribution >= 0.6 is 23.8 Å². The third-order valence-electron chi connectivity index (χ3n) is 4.59. The van der Waals surface area contributed by atoms with Crippen molar-refractivity contribution in [2.75, 3.05) is 7.05 Å². The van der Waals surface area contributed by atoms with Crippen LogP contribution in [0.2, 0.25) is 5.02 Å². The average molecular weight is 384 g/mol. The molecule has 0 aliphatic rings. The van der Waals surface area contributed by atoms with Gasteiger partial charge in [0.1, 0.15) is 6.54 Å². The van der Waals surface area contributed by atoms with E-state index in [1.54, 1.807) is 0 Å². The van der Waals surface area contributed by atoms with E-state index in [0.29, 0.717) is 6.67 Å². The molecule has 0 spiro atoms. The average Bonchev–Trinajstić information content (AvgIpc) is 2.90. The Morgan fingerprint density at radius 3 is 2.73 bits per heavy atom. The maximum Gasteiger partial charge on any atom is 0.207 e. The zero-order valence-electron chi connectivity index (χ0n) is 14.7. The summed E-state index contributed by atoms with van der Waals surface area (Å²) in [4.78, 5) is 1.29.